The van der Waals surface area contributed by atoms with Crippen LogP contribution in [0.2, 0.25) is 5.02 Å². The van der Waals surface area contributed by atoms with Crippen molar-refractivity contribution in [3.05, 3.63) is 82.2 Å². The molecule has 15 heteroatoms. The van der Waals surface area contributed by atoms with E-state index >= 15 is 0 Å². The van der Waals surface area contributed by atoms with Crippen molar-refractivity contribution in [2.24, 2.45) is 7.05 Å². The van der Waals surface area contributed by atoms with Crippen LogP contribution in [0.3, 0.4) is 0 Å². The number of aliphatic hydroxyl groups is 2. The fourth-order valence-corrected chi connectivity index (χ4v) is 5.63. The van der Waals surface area contributed by atoms with E-state index in [2.05, 4.69) is 15.0 Å². The van der Waals surface area contributed by atoms with Crippen LogP contribution in [-0.4, -0.2) is 66.6 Å². The average molecular weight is 630 g/mol. The fraction of sp³-hybridized carbons (Fsp3) is 0.393. The number of methoxy groups -OCH3 is 1. The van der Waals surface area contributed by atoms with Crippen molar-refractivity contribution in [1.29, 1.82) is 0 Å². The van der Waals surface area contributed by atoms with Gasteiger partial charge in [0.1, 0.15) is 5.69 Å². The fourth-order valence-electron chi connectivity index (χ4n) is 5.34. The highest BCUT2D eigenvalue weighted by molar-refractivity contribution is 6.36. The van der Waals surface area contributed by atoms with E-state index in [4.69, 9.17) is 16.3 Å². The molecule has 4 heterocycles. The number of hydrogen-bond donors (Lipinski definition) is 2. The summed E-state index contributed by atoms with van der Waals surface area (Å²) in [7, 11) is 2.94. The zero-order chi connectivity index (χ0) is 31.4. The molecule has 0 saturated carbocycles. The van der Waals surface area contributed by atoms with Crippen LogP contribution in [-0.2, 0) is 25.4 Å². The normalized spacial score (nSPS) is 17.7. The molecule has 1 aliphatic rings. The SMILES string of the molecule is COc1nc2ccc(C(O)(c3ccnc(C(F)(F)F)c3)c3cncn3C)cc2c(Cl)c1CN1CCC(O)(C(F)(F)F)CC1. The van der Waals surface area contributed by atoms with E-state index in [0.29, 0.717) is 16.5 Å². The molecule has 5 rings (SSSR count). The Labute approximate surface area is 246 Å². The van der Waals surface area contributed by atoms with Crippen LogP contribution in [0.4, 0.5) is 26.3 Å². The molecule has 0 aliphatic carbocycles. The molecule has 0 spiro atoms. The van der Waals surface area contributed by atoms with Gasteiger partial charge in [0.05, 0.1) is 35.9 Å². The van der Waals surface area contributed by atoms with Crippen LogP contribution in [0.25, 0.3) is 10.9 Å². The van der Waals surface area contributed by atoms with Gasteiger partial charge in [0.15, 0.2) is 11.2 Å². The smallest absolute Gasteiger partial charge is 0.433 e. The van der Waals surface area contributed by atoms with E-state index < -0.39 is 42.1 Å². The maximum Gasteiger partial charge on any atom is 0.433 e. The Balaban J connectivity index is 1.60. The van der Waals surface area contributed by atoms with E-state index in [-0.39, 0.29) is 47.4 Å². The summed E-state index contributed by atoms with van der Waals surface area (Å²) < 4.78 is 87.5. The zero-order valence-electron chi connectivity index (χ0n) is 22.8. The molecule has 4 aromatic rings. The first kappa shape index (κ1) is 31.0. The van der Waals surface area contributed by atoms with E-state index in [0.717, 1.165) is 12.3 Å². The maximum absolute atomic E-state index is 13.6. The summed E-state index contributed by atoms with van der Waals surface area (Å²) in [6.07, 6.45) is -6.89. The number of fused-ring (bicyclic) bond motifs is 1. The molecule has 1 atom stereocenters. The van der Waals surface area contributed by atoms with Gasteiger partial charge < -0.3 is 19.5 Å². The maximum atomic E-state index is 13.6. The lowest BCUT2D eigenvalue weighted by Gasteiger charge is -2.39. The minimum Gasteiger partial charge on any atom is -0.481 e. The number of likely N-dealkylation sites (tertiary alicyclic amines) is 1. The lowest BCUT2D eigenvalue weighted by molar-refractivity contribution is -0.272. The first-order chi connectivity index (χ1) is 20.1. The van der Waals surface area contributed by atoms with Crippen molar-refractivity contribution < 1.29 is 41.3 Å². The lowest BCUT2D eigenvalue weighted by atomic mass is 9.83. The number of rotatable bonds is 6. The summed E-state index contributed by atoms with van der Waals surface area (Å²) in [5, 5.41) is 22.7. The number of alkyl halides is 6. The van der Waals surface area contributed by atoms with Gasteiger partial charge in [-0.3, -0.25) is 9.88 Å². The highest BCUT2D eigenvalue weighted by Crippen LogP contribution is 2.43. The van der Waals surface area contributed by atoms with Gasteiger partial charge in [-0.05, 0) is 48.2 Å². The Morgan fingerprint density at radius 3 is 2.30 bits per heavy atom. The van der Waals surface area contributed by atoms with Crippen molar-refractivity contribution in [3.8, 4) is 5.88 Å². The van der Waals surface area contributed by atoms with Crippen LogP contribution < -0.4 is 4.74 Å². The van der Waals surface area contributed by atoms with Gasteiger partial charge >= 0.3 is 12.4 Å². The average Bonchev–Trinajstić information content (AvgIpc) is 3.40. The molecule has 43 heavy (non-hydrogen) atoms. The number of aromatic nitrogens is 4. The number of piperidine rings is 1. The van der Waals surface area contributed by atoms with Gasteiger partial charge in [-0.2, -0.15) is 26.3 Å². The molecule has 0 radical (unpaired) electrons. The summed E-state index contributed by atoms with van der Waals surface area (Å²) in [5.74, 6) is 0.132. The van der Waals surface area contributed by atoms with E-state index in [1.807, 2.05) is 0 Å². The summed E-state index contributed by atoms with van der Waals surface area (Å²) in [6.45, 7) is -0.0941. The third-order valence-corrected chi connectivity index (χ3v) is 8.27. The number of pyridine rings is 2. The summed E-state index contributed by atoms with van der Waals surface area (Å²) in [5.41, 5.74) is -5.22. The Bertz CT molecular complexity index is 1650. The Hall–Kier alpha value is -3.46. The molecule has 3 aromatic heterocycles. The van der Waals surface area contributed by atoms with Gasteiger partial charge in [0.25, 0.3) is 0 Å². The summed E-state index contributed by atoms with van der Waals surface area (Å²) >= 11 is 6.85. The molecule has 1 aliphatic heterocycles. The van der Waals surface area contributed by atoms with Crippen molar-refractivity contribution in [2.75, 3.05) is 20.2 Å². The highest BCUT2D eigenvalue weighted by Gasteiger charge is 2.54. The second-order valence-electron chi connectivity index (χ2n) is 10.5. The third-order valence-electron chi connectivity index (χ3n) is 7.84. The highest BCUT2D eigenvalue weighted by atomic mass is 35.5. The topological polar surface area (TPSA) is 96.5 Å². The Morgan fingerprint density at radius 2 is 1.72 bits per heavy atom. The van der Waals surface area contributed by atoms with Crippen LogP contribution in [0.5, 0.6) is 5.88 Å². The number of benzene rings is 1. The first-order valence-corrected chi connectivity index (χ1v) is 13.4. The molecule has 0 amide bonds. The van der Waals surface area contributed by atoms with Crippen LogP contribution >= 0.6 is 11.6 Å². The van der Waals surface area contributed by atoms with Crippen molar-refractivity contribution in [3.63, 3.8) is 0 Å². The number of hydrogen-bond acceptors (Lipinski definition) is 7. The quantitative estimate of drug-likeness (QED) is 0.283. The second-order valence-corrected chi connectivity index (χ2v) is 10.9. The molecule has 230 valence electrons. The molecule has 2 N–H and O–H groups in total. The Morgan fingerprint density at radius 1 is 1.05 bits per heavy atom. The summed E-state index contributed by atoms with van der Waals surface area (Å²) in [4.78, 5) is 13.6. The number of aryl methyl sites for hydroxylation is 1. The van der Waals surface area contributed by atoms with Gasteiger partial charge in [-0.15, -0.1) is 0 Å². The van der Waals surface area contributed by atoms with Crippen LogP contribution in [0.15, 0.2) is 49.1 Å². The second kappa shape index (κ2) is 10.9. The number of nitrogens with zero attached hydrogens (tertiary/aromatic N) is 5. The van der Waals surface area contributed by atoms with Gasteiger partial charge in [-0.25, -0.2) is 9.97 Å². The molecule has 0 bridgehead atoms. The first-order valence-electron chi connectivity index (χ1n) is 13.0. The van der Waals surface area contributed by atoms with Crippen molar-refractivity contribution in [1.82, 2.24) is 24.4 Å². The molecule has 1 fully saturated rings. The molecule has 1 saturated heterocycles. The third kappa shape index (κ3) is 5.52. The van der Waals surface area contributed by atoms with Gasteiger partial charge in [0.2, 0.25) is 5.88 Å². The minimum absolute atomic E-state index is 0.0500. The van der Waals surface area contributed by atoms with Crippen molar-refractivity contribution in [2.45, 2.75) is 42.9 Å². The standard InChI is InChI=1S/C28H26ClF6N5O3/c1-39-15-36-13-22(39)26(42,17-5-8-37-21(12-17)27(30,31)32)16-3-4-20-18(11-16)23(29)19(24(38-20)43-2)14-40-9-6-25(41,7-10-40)28(33,34)35/h3-5,8,11-13,15,41-42H,6-7,9-10,14H2,1-2H3. The predicted molar refractivity (Wildman–Crippen MR) is 143 cm³/mol. The summed E-state index contributed by atoms with van der Waals surface area (Å²) in [6, 6.07) is 6.54. The van der Waals surface area contributed by atoms with Crippen LogP contribution in [0.1, 0.15) is 40.9 Å². The zero-order valence-corrected chi connectivity index (χ0v) is 23.6. The Kier molecular flexibility index (Phi) is 7.86. The number of halogens is 7. The van der Waals surface area contributed by atoms with E-state index in [1.54, 1.807) is 11.9 Å². The van der Waals surface area contributed by atoms with E-state index in [1.165, 1.54) is 48.5 Å². The van der Waals surface area contributed by atoms with Crippen molar-refractivity contribution >= 4 is 22.5 Å². The molecule has 8 nitrogen and oxygen atoms in total. The molecule has 1 unspecified atom stereocenters. The monoisotopic (exact) mass is 629 g/mol. The number of ether oxygens (including phenoxy) is 1. The molecular formula is C28H26ClF6N5O3. The van der Waals surface area contributed by atoms with Crippen LogP contribution in [0, 0.1) is 0 Å². The van der Waals surface area contributed by atoms with E-state index in [9.17, 15) is 36.6 Å². The molecular weight excluding hydrogens is 604 g/mol. The van der Waals surface area contributed by atoms with Gasteiger partial charge in [0, 0.05) is 43.8 Å². The largest absolute Gasteiger partial charge is 0.481 e. The molecule has 1 aromatic carbocycles. The number of imidazole rings is 1. The lowest BCUT2D eigenvalue weighted by Crippen LogP contribution is -2.53. The minimum atomic E-state index is -4.77. The predicted octanol–water partition coefficient (Wildman–Crippen LogP) is 5.22. The van der Waals surface area contributed by atoms with Gasteiger partial charge in [-0.1, -0.05) is 17.7 Å².